The van der Waals surface area contributed by atoms with Crippen molar-refractivity contribution in [1.29, 1.82) is 0 Å². The van der Waals surface area contributed by atoms with Crippen LogP contribution in [0.25, 0.3) is 0 Å². The smallest absolute Gasteiger partial charge is 0.458 e. The Kier molecular flexibility index (Phi) is 8.39. The minimum atomic E-state index is -1.91. The molecule has 0 unspecified atom stereocenters. The van der Waals surface area contributed by atoms with Crippen LogP contribution >= 0.6 is 0 Å². The van der Waals surface area contributed by atoms with Gasteiger partial charge < -0.3 is 18.9 Å². The third kappa shape index (κ3) is 7.28. The quantitative estimate of drug-likeness (QED) is 0.283. The van der Waals surface area contributed by atoms with Crippen molar-refractivity contribution in [2.75, 3.05) is 0 Å². The Morgan fingerprint density at radius 3 is 1.25 bits per heavy atom. The summed E-state index contributed by atoms with van der Waals surface area (Å²) >= 11 is 0. The summed E-state index contributed by atoms with van der Waals surface area (Å²) in [5, 5.41) is 0. The molecule has 7 heteroatoms. The molecule has 0 saturated carbocycles. The van der Waals surface area contributed by atoms with Crippen molar-refractivity contribution in [2.45, 2.75) is 25.9 Å². The third-order valence-electron chi connectivity index (χ3n) is 4.29. The van der Waals surface area contributed by atoms with E-state index in [9.17, 15) is 14.4 Å². The van der Waals surface area contributed by atoms with Crippen molar-refractivity contribution in [3.63, 3.8) is 0 Å². The van der Waals surface area contributed by atoms with E-state index >= 15 is 0 Å². The molecule has 0 saturated heterocycles. The molecule has 0 N–H and O–H groups in total. The van der Waals surface area contributed by atoms with Gasteiger partial charge >= 0.3 is 18.1 Å². The summed E-state index contributed by atoms with van der Waals surface area (Å²) in [5.41, 5.74) is 2.15. The van der Waals surface area contributed by atoms with E-state index in [-0.39, 0.29) is 19.8 Å². The lowest BCUT2D eigenvalue weighted by Gasteiger charge is -2.16. The molecule has 0 bridgehead atoms. The lowest BCUT2D eigenvalue weighted by molar-refractivity contribution is -0.172. The van der Waals surface area contributed by atoms with Gasteiger partial charge in [-0.05, 0) is 16.7 Å². The van der Waals surface area contributed by atoms with Gasteiger partial charge in [0.1, 0.15) is 19.8 Å². The van der Waals surface area contributed by atoms with E-state index in [1.54, 1.807) is 72.8 Å². The molecule has 3 aromatic carbocycles. The fourth-order valence-corrected chi connectivity index (χ4v) is 2.65. The van der Waals surface area contributed by atoms with E-state index in [2.05, 4.69) is 0 Å². The monoisotopic (exact) mass is 434 g/mol. The van der Waals surface area contributed by atoms with Gasteiger partial charge in [0.15, 0.2) is 0 Å². The summed E-state index contributed by atoms with van der Waals surface area (Å²) in [5.74, 6) is -2.10. The second kappa shape index (κ2) is 11.9. The standard InChI is InChI=1S/C25H22O7/c26-23(29-16-19-10-4-1-5-11-19)22(24(27)30-17-20-12-6-2-7-13-20)32-25(28)31-18-21-14-8-3-9-15-21/h1-15,22H,16-18H2. The van der Waals surface area contributed by atoms with Gasteiger partial charge in [-0.15, -0.1) is 0 Å². The summed E-state index contributed by atoms with van der Waals surface area (Å²) in [6.07, 6.45) is -3.10. The molecule has 164 valence electrons. The maximum atomic E-state index is 12.5. The van der Waals surface area contributed by atoms with Crippen LogP contribution in [0.15, 0.2) is 91.0 Å². The molecule has 0 fully saturated rings. The molecular formula is C25H22O7. The molecule has 0 aliphatic rings. The number of carbonyl (C=O) groups is 3. The zero-order valence-electron chi connectivity index (χ0n) is 17.2. The highest BCUT2D eigenvalue weighted by atomic mass is 16.7. The Hall–Kier alpha value is -4.13. The van der Waals surface area contributed by atoms with Gasteiger partial charge in [0.05, 0.1) is 0 Å². The minimum absolute atomic E-state index is 0.0788. The zero-order valence-corrected chi connectivity index (χ0v) is 17.2. The first-order valence-electron chi connectivity index (χ1n) is 9.90. The Bertz CT molecular complexity index is 949. The van der Waals surface area contributed by atoms with Crippen LogP contribution in [-0.4, -0.2) is 24.2 Å². The van der Waals surface area contributed by atoms with Crippen molar-refractivity contribution in [3.05, 3.63) is 108 Å². The van der Waals surface area contributed by atoms with Crippen LogP contribution in [0, 0.1) is 0 Å². The number of carbonyl (C=O) groups excluding carboxylic acids is 3. The Morgan fingerprint density at radius 2 is 0.875 bits per heavy atom. The van der Waals surface area contributed by atoms with E-state index < -0.39 is 24.2 Å². The van der Waals surface area contributed by atoms with Crippen molar-refractivity contribution in [2.24, 2.45) is 0 Å². The van der Waals surface area contributed by atoms with Crippen LogP contribution in [-0.2, 0) is 48.4 Å². The second-order valence-electron chi connectivity index (χ2n) is 6.71. The first kappa shape index (κ1) is 22.6. The molecule has 32 heavy (non-hydrogen) atoms. The van der Waals surface area contributed by atoms with Crippen molar-refractivity contribution >= 4 is 18.1 Å². The lowest BCUT2D eigenvalue weighted by Crippen LogP contribution is -2.38. The van der Waals surface area contributed by atoms with Gasteiger partial charge in [0, 0.05) is 0 Å². The van der Waals surface area contributed by atoms with Crippen molar-refractivity contribution in [1.82, 2.24) is 0 Å². The normalized spacial score (nSPS) is 10.3. The number of rotatable bonds is 9. The van der Waals surface area contributed by atoms with Crippen molar-refractivity contribution in [3.8, 4) is 0 Å². The molecule has 7 nitrogen and oxygen atoms in total. The largest absolute Gasteiger partial charge is 0.510 e. The van der Waals surface area contributed by atoms with E-state index in [1.807, 2.05) is 18.2 Å². The predicted octanol–water partition coefficient (Wildman–Crippen LogP) is 4.20. The van der Waals surface area contributed by atoms with Gasteiger partial charge in [0.2, 0.25) is 0 Å². The molecular weight excluding hydrogens is 412 g/mol. The zero-order chi connectivity index (χ0) is 22.6. The second-order valence-corrected chi connectivity index (χ2v) is 6.71. The fraction of sp³-hybridized carbons (Fsp3) is 0.160. The average Bonchev–Trinajstić information content (AvgIpc) is 2.85. The molecule has 0 amide bonds. The average molecular weight is 434 g/mol. The molecule has 0 aliphatic carbocycles. The first-order valence-corrected chi connectivity index (χ1v) is 9.90. The lowest BCUT2D eigenvalue weighted by atomic mass is 10.2. The minimum Gasteiger partial charge on any atom is -0.458 e. The Morgan fingerprint density at radius 1 is 0.531 bits per heavy atom. The van der Waals surface area contributed by atoms with E-state index in [4.69, 9.17) is 18.9 Å². The molecule has 0 aromatic heterocycles. The van der Waals surface area contributed by atoms with E-state index in [1.165, 1.54) is 0 Å². The van der Waals surface area contributed by atoms with Gasteiger partial charge in [-0.25, -0.2) is 14.4 Å². The molecule has 0 heterocycles. The molecule has 0 atom stereocenters. The maximum absolute atomic E-state index is 12.5. The van der Waals surface area contributed by atoms with Crippen LogP contribution in [0.3, 0.4) is 0 Å². The maximum Gasteiger partial charge on any atom is 0.510 e. The third-order valence-corrected chi connectivity index (χ3v) is 4.29. The molecule has 3 rings (SSSR count). The predicted molar refractivity (Wildman–Crippen MR) is 114 cm³/mol. The first-order chi connectivity index (χ1) is 15.6. The van der Waals surface area contributed by atoms with Crippen LogP contribution in [0.1, 0.15) is 16.7 Å². The van der Waals surface area contributed by atoms with E-state index in [0.717, 1.165) is 5.56 Å². The highest BCUT2D eigenvalue weighted by molar-refractivity contribution is 5.99. The highest BCUT2D eigenvalue weighted by Crippen LogP contribution is 2.10. The highest BCUT2D eigenvalue weighted by Gasteiger charge is 2.35. The van der Waals surface area contributed by atoms with Gasteiger partial charge in [0.25, 0.3) is 6.10 Å². The SMILES string of the molecule is O=C(OCc1ccccc1)OC(C(=O)OCc1ccccc1)C(=O)OCc1ccccc1. The summed E-state index contributed by atoms with van der Waals surface area (Å²) < 4.78 is 20.3. The molecule has 3 aromatic rings. The molecule has 0 radical (unpaired) electrons. The topological polar surface area (TPSA) is 88.1 Å². The number of benzene rings is 3. The fourth-order valence-electron chi connectivity index (χ4n) is 2.65. The van der Waals surface area contributed by atoms with Crippen LogP contribution in [0.4, 0.5) is 4.79 Å². The summed E-state index contributed by atoms with van der Waals surface area (Å²) in [7, 11) is 0. The Balaban J connectivity index is 1.61. The number of hydrogen-bond acceptors (Lipinski definition) is 7. The molecule has 0 aliphatic heterocycles. The van der Waals surface area contributed by atoms with Crippen molar-refractivity contribution < 1.29 is 33.3 Å². The summed E-state index contributed by atoms with van der Waals surface area (Å²) in [6.45, 7) is -0.264. The van der Waals surface area contributed by atoms with Crippen LogP contribution < -0.4 is 0 Å². The van der Waals surface area contributed by atoms with Gasteiger partial charge in [-0.1, -0.05) is 91.0 Å². The van der Waals surface area contributed by atoms with E-state index in [0.29, 0.717) is 11.1 Å². The molecule has 0 spiro atoms. The summed E-state index contributed by atoms with van der Waals surface area (Å²) in [4.78, 5) is 37.2. The van der Waals surface area contributed by atoms with Crippen LogP contribution in [0.2, 0.25) is 0 Å². The number of ether oxygens (including phenoxy) is 4. The van der Waals surface area contributed by atoms with Gasteiger partial charge in [-0.3, -0.25) is 0 Å². The van der Waals surface area contributed by atoms with Crippen LogP contribution in [0.5, 0.6) is 0 Å². The number of hydrogen-bond donors (Lipinski definition) is 0. The van der Waals surface area contributed by atoms with Gasteiger partial charge in [-0.2, -0.15) is 0 Å². The number of esters is 2. The summed E-state index contributed by atoms with van der Waals surface area (Å²) in [6, 6.07) is 26.7. The Labute approximate surface area is 185 Å².